The first-order valence-electron chi connectivity index (χ1n) is 7.90. The van der Waals surface area contributed by atoms with Crippen molar-refractivity contribution in [3.8, 4) is 0 Å². The molecule has 0 saturated carbocycles. The zero-order chi connectivity index (χ0) is 15.0. The Morgan fingerprint density at radius 1 is 0.955 bits per heavy atom. The molecule has 0 radical (unpaired) electrons. The van der Waals surface area contributed by atoms with Gasteiger partial charge in [0.25, 0.3) is 0 Å². The van der Waals surface area contributed by atoms with Gasteiger partial charge in [-0.05, 0) is 11.1 Å². The Labute approximate surface area is 132 Å². The molecule has 1 saturated heterocycles. The van der Waals surface area contributed by atoms with Crippen molar-refractivity contribution in [1.82, 2.24) is 4.90 Å². The quantitative estimate of drug-likeness (QED) is 0.818. The topological polar surface area (TPSA) is 21.7 Å². The number of morpholine rings is 1. The van der Waals surface area contributed by atoms with Crippen LogP contribution < -0.4 is 0 Å². The molecular formula is C19H23NO2. The van der Waals surface area contributed by atoms with E-state index in [4.69, 9.17) is 9.47 Å². The molecule has 1 atom stereocenters. The van der Waals surface area contributed by atoms with E-state index in [1.807, 2.05) is 18.2 Å². The maximum absolute atomic E-state index is 5.82. The van der Waals surface area contributed by atoms with E-state index in [0.29, 0.717) is 13.2 Å². The van der Waals surface area contributed by atoms with Crippen LogP contribution in [0.3, 0.4) is 0 Å². The van der Waals surface area contributed by atoms with Crippen molar-refractivity contribution in [2.24, 2.45) is 0 Å². The van der Waals surface area contributed by atoms with Gasteiger partial charge in [-0.25, -0.2) is 0 Å². The van der Waals surface area contributed by atoms with Gasteiger partial charge in [-0.15, -0.1) is 0 Å². The van der Waals surface area contributed by atoms with E-state index in [2.05, 4.69) is 47.4 Å². The van der Waals surface area contributed by atoms with Crippen LogP contribution in [-0.4, -0.2) is 37.3 Å². The summed E-state index contributed by atoms with van der Waals surface area (Å²) in [6.07, 6.45) is 0.168. The second-order valence-electron chi connectivity index (χ2n) is 5.71. The third-order valence-electron chi connectivity index (χ3n) is 3.89. The molecule has 0 bridgehead atoms. The molecule has 1 aliphatic rings. The lowest BCUT2D eigenvalue weighted by Crippen LogP contribution is -2.43. The van der Waals surface area contributed by atoms with Crippen LogP contribution >= 0.6 is 0 Å². The Morgan fingerprint density at radius 2 is 1.64 bits per heavy atom. The number of hydrogen-bond acceptors (Lipinski definition) is 3. The molecule has 3 nitrogen and oxygen atoms in total. The minimum Gasteiger partial charge on any atom is -0.374 e. The standard InChI is InChI=1S/C19H23NO2/c1-3-7-17(8-4-1)13-20-11-12-22-19(14-20)16-21-15-18-9-5-2-6-10-18/h1-10,19H,11-16H2. The van der Waals surface area contributed by atoms with Crippen LogP contribution in [-0.2, 0) is 22.6 Å². The molecule has 1 heterocycles. The zero-order valence-electron chi connectivity index (χ0n) is 12.9. The van der Waals surface area contributed by atoms with Crippen LogP contribution in [0.1, 0.15) is 11.1 Å². The highest BCUT2D eigenvalue weighted by molar-refractivity contribution is 5.14. The van der Waals surface area contributed by atoms with Crippen molar-refractivity contribution in [3.63, 3.8) is 0 Å². The maximum atomic E-state index is 5.82. The highest BCUT2D eigenvalue weighted by Gasteiger charge is 2.20. The zero-order valence-corrected chi connectivity index (χ0v) is 12.9. The molecule has 116 valence electrons. The Bertz CT molecular complexity index is 544. The Morgan fingerprint density at radius 3 is 2.36 bits per heavy atom. The predicted octanol–water partition coefficient (Wildman–Crippen LogP) is 3.10. The summed E-state index contributed by atoms with van der Waals surface area (Å²) in [4.78, 5) is 2.44. The van der Waals surface area contributed by atoms with Gasteiger partial charge in [0.1, 0.15) is 0 Å². The fraction of sp³-hybridized carbons (Fsp3) is 0.368. The summed E-state index contributed by atoms with van der Waals surface area (Å²) in [5, 5.41) is 0. The Balaban J connectivity index is 1.42. The summed E-state index contributed by atoms with van der Waals surface area (Å²) in [6, 6.07) is 20.9. The van der Waals surface area contributed by atoms with Gasteiger partial charge in [-0.2, -0.15) is 0 Å². The molecule has 3 heteroatoms. The van der Waals surface area contributed by atoms with E-state index in [0.717, 1.165) is 26.2 Å². The van der Waals surface area contributed by atoms with Gasteiger partial charge in [-0.3, -0.25) is 4.90 Å². The average Bonchev–Trinajstić information content (AvgIpc) is 2.57. The van der Waals surface area contributed by atoms with E-state index in [1.165, 1.54) is 11.1 Å². The molecule has 2 aromatic rings. The summed E-state index contributed by atoms with van der Waals surface area (Å²) in [5.41, 5.74) is 2.56. The number of ether oxygens (including phenoxy) is 2. The first-order valence-corrected chi connectivity index (χ1v) is 7.90. The van der Waals surface area contributed by atoms with Gasteiger partial charge in [0.05, 0.1) is 25.9 Å². The molecule has 22 heavy (non-hydrogen) atoms. The number of rotatable bonds is 6. The highest BCUT2D eigenvalue weighted by Crippen LogP contribution is 2.11. The lowest BCUT2D eigenvalue weighted by atomic mass is 10.2. The maximum Gasteiger partial charge on any atom is 0.0935 e. The van der Waals surface area contributed by atoms with Crippen LogP contribution in [0, 0.1) is 0 Å². The molecule has 0 amide bonds. The van der Waals surface area contributed by atoms with Gasteiger partial charge < -0.3 is 9.47 Å². The molecule has 2 aromatic carbocycles. The van der Waals surface area contributed by atoms with Crippen molar-refractivity contribution in [1.29, 1.82) is 0 Å². The molecular weight excluding hydrogens is 274 g/mol. The van der Waals surface area contributed by atoms with E-state index < -0.39 is 0 Å². The van der Waals surface area contributed by atoms with Crippen LogP contribution in [0.2, 0.25) is 0 Å². The first-order chi connectivity index (χ1) is 10.9. The largest absolute Gasteiger partial charge is 0.374 e. The van der Waals surface area contributed by atoms with E-state index in [9.17, 15) is 0 Å². The monoisotopic (exact) mass is 297 g/mol. The van der Waals surface area contributed by atoms with E-state index in [1.54, 1.807) is 0 Å². The lowest BCUT2D eigenvalue weighted by molar-refractivity contribution is -0.0741. The summed E-state index contributed by atoms with van der Waals surface area (Å²) < 4.78 is 11.6. The third-order valence-corrected chi connectivity index (χ3v) is 3.89. The van der Waals surface area contributed by atoms with Crippen LogP contribution in [0.4, 0.5) is 0 Å². The molecule has 0 aromatic heterocycles. The molecule has 0 N–H and O–H groups in total. The molecule has 1 aliphatic heterocycles. The lowest BCUT2D eigenvalue weighted by Gasteiger charge is -2.32. The van der Waals surface area contributed by atoms with Gasteiger partial charge >= 0.3 is 0 Å². The molecule has 3 rings (SSSR count). The van der Waals surface area contributed by atoms with Crippen molar-refractivity contribution >= 4 is 0 Å². The fourth-order valence-corrected chi connectivity index (χ4v) is 2.75. The average molecular weight is 297 g/mol. The summed E-state index contributed by atoms with van der Waals surface area (Å²) in [5.74, 6) is 0. The van der Waals surface area contributed by atoms with E-state index >= 15 is 0 Å². The SMILES string of the molecule is c1ccc(COCC2CN(Cc3ccccc3)CCO2)cc1. The predicted molar refractivity (Wildman–Crippen MR) is 87.6 cm³/mol. The molecule has 0 spiro atoms. The Kier molecular flexibility index (Phi) is 5.59. The number of nitrogens with zero attached hydrogens (tertiary/aromatic N) is 1. The van der Waals surface area contributed by atoms with Gasteiger partial charge in [0, 0.05) is 19.6 Å². The number of hydrogen-bond donors (Lipinski definition) is 0. The smallest absolute Gasteiger partial charge is 0.0935 e. The first kappa shape index (κ1) is 15.2. The highest BCUT2D eigenvalue weighted by atomic mass is 16.5. The van der Waals surface area contributed by atoms with Gasteiger partial charge in [-0.1, -0.05) is 60.7 Å². The Hall–Kier alpha value is -1.68. The van der Waals surface area contributed by atoms with Crippen LogP contribution in [0.5, 0.6) is 0 Å². The van der Waals surface area contributed by atoms with Gasteiger partial charge in [0.2, 0.25) is 0 Å². The van der Waals surface area contributed by atoms with Crippen molar-refractivity contribution < 1.29 is 9.47 Å². The van der Waals surface area contributed by atoms with Gasteiger partial charge in [0.15, 0.2) is 0 Å². The minimum atomic E-state index is 0.168. The van der Waals surface area contributed by atoms with Crippen molar-refractivity contribution in [3.05, 3.63) is 71.8 Å². The summed E-state index contributed by atoms with van der Waals surface area (Å²) in [6.45, 7) is 5.00. The summed E-state index contributed by atoms with van der Waals surface area (Å²) >= 11 is 0. The third kappa shape index (κ3) is 4.67. The molecule has 1 unspecified atom stereocenters. The number of benzene rings is 2. The van der Waals surface area contributed by atoms with Crippen molar-refractivity contribution in [2.75, 3.05) is 26.3 Å². The van der Waals surface area contributed by atoms with Crippen LogP contribution in [0.15, 0.2) is 60.7 Å². The normalized spacial score (nSPS) is 19.2. The van der Waals surface area contributed by atoms with Crippen molar-refractivity contribution in [2.45, 2.75) is 19.3 Å². The van der Waals surface area contributed by atoms with Crippen LogP contribution in [0.25, 0.3) is 0 Å². The second kappa shape index (κ2) is 8.08. The molecule has 1 fully saturated rings. The van der Waals surface area contributed by atoms with E-state index in [-0.39, 0.29) is 6.10 Å². The fourth-order valence-electron chi connectivity index (χ4n) is 2.75. The minimum absolute atomic E-state index is 0.168. The summed E-state index contributed by atoms with van der Waals surface area (Å²) in [7, 11) is 0. The second-order valence-corrected chi connectivity index (χ2v) is 5.71. The molecule has 0 aliphatic carbocycles.